The Morgan fingerprint density at radius 1 is 1.08 bits per heavy atom. The number of halogens is 2. The molecule has 1 aromatic heterocycles. The molecule has 0 spiro atoms. The summed E-state index contributed by atoms with van der Waals surface area (Å²) in [4.78, 5) is 0. The fourth-order valence-electron chi connectivity index (χ4n) is 2.89. The van der Waals surface area contributed by atoms with Gasteiger partial charge in [-0.05, 0) is 48.8 Å². The van der Waals surface area contributed by atoms with Crippen LogP contribution in [0.1, 0.15) is 23.5 Å². The van der Waals surface area contributed by atoms with Gasteiger partial charge in [-0.1, -0.05) is 53.5 Å². The zero-order chi connectivity index (χ0) is 16.9. The van der Waals surface area contributed by atoms with Crippen LogP contribution in [0.5, 0.6) is 0 Å². The van der Waals surface area contributed by atoms with Crippen LogP contribution in [0, 0.1) is 0 Å². The minimum Gasteiger partial charge on any atom is -0.320 e. The third kappa shape index (κ3) is 3.81. The van der Waals surface area contributed by atoms with Crippen molar-refractivity contribution in [1.82, 2.24) is 15.5 Å². The maximum Gasteiger partial charge on any atom is 0.0565 e. The zero-order valence-corrected chi connectivity index (χ0v) is 14.9. The van der Waals surface area contributed by atoms with E-state index in [4.69, 9.17) is 23.2 Å². The molecule has 124 valence electrons. The predicted molar refractivity (Wildman–Crippen MR) is 101 cm³/mol. The van der Waals surface area contributed by atoms with Crippen molar-refractivity contribution >= 4 is 23.2 Å². The Labute approximate surface area is 152 Å². The Balaban J connectivity index is 1.93. The van der Waals surface area contributed by atoms with E-state index < -0.39 is 0 Å². The van der Waals surface area contributed by atoms with E-state index in [-0.39, 0.29) is 5.92 Å². The molecule has 0 aliphatic rings. The topological polar surface area (TPSA) is 40.7 Å². The van der Waals surface area contributed by atoms with Crippen molar-refractivity contribution in [2.75, 3.05) is 13.6 Å². The molecular formula is C19H19Cl2N3. The standard InChI is InChI=1S/C19H19Cl2N3/c1-22-9-8-17(18-7-6-16(20)10-19(18)21)14-4-2-13(3-5-14)15-11-23-24-12-15/h2-7,10-12,17,22H,8-9H2,1H3,(H,23,24). The van der Waals surface area contributed by atoms with Crippen LogP contribution in [0.2, 0.25) is 10.0 Å². The van der Waals surface area contributed by atoms with Gasteiger partial charge in [-0.2, -0.15) is 5.10 Å². The second-order valence-electron chi connectivity index (χ2n) is 5.72. The van der Waals surface area contributed by atoms with Crippen LogP contribution in [-0.4, -0.2) is 23.8 Å². The van der Waals surface area contributed by atoms with Crippen LogP contribution in [0.4, 0.5) is 0 Å². The Hall–Kier alpha value is -1.81. The fourth-order valence-corrected chi connectivity index (χ4v) is 3.43. The number of rotatable bonds is 6. The number of H-pyrrole nitrogens is 1. The lowest BCUT2D eigenvalue weighted by molar-refractivity contribution is 0.662. The number of hydrogen-bond acceptors (Lipinski definition) is 2. The van der Waals surface area contributed by atoms with Crippen LogP contribution < -0.4 is 5.32 Å². The summed E-state index contributed by atoms with van der Waals surface area (Å²) in [6.45, 7) is 0.910. The molecule has 0 fully saturated rings. The van der Waals surface area contributed by atoms with Crippen LogP contribution in [-0.2, 0) is 0 Å². The fraction of sp³-hybridized carbons (Fsp3) is 0.211. The first-order chi connectivity index (χ1) is 11.7. The first-order valence-electron chi connectivity index (χ1n) is 7.87. The highest BCUT2D eigenvalue weighted by atomic mass is 35.5. The monoisotopic (exact) mass is 359 g/mol. The number of benzene rings is 2. The van der Waals surface area contributed by atoms with E-state index in [9.17, 15) is 0 Å². The molecule has 3 aromatic rings. The quantitative estimate of drug-likeness (QED) is 0.640. The smallest absolute Gasteiger partial charge is 0.0565 e. The highest BCUT2D eigenvalue weighted by Gasteiger charge is 2.17. The molecule has 0 aliphatic heterocycles. The third-order valence-corrected chi connectivity index (χ3v) is 4.73. The van der Waals surface area contributed by atoms with Gasteiger partial charge in [0.15, 0.2) is 0 Å². The van der Waals surface area contributed by atoms with E-state index in [1.54, 1.807) is 0 Å². The van der Waals surface area contributed by atoms with Crippen molar-refractivity contribution in [2.24, 2.45) is 0 Å². The van der Waals surface area contributed by atoms with E-state index in [0.29, 0.717) is 10.0 Å². The van der Waals surface area contributed by atoms with E-state index in [1.165, 1.54) is 5.56 Å². The first-order valence-corrected chi connectivity index (χ1v) is 8.63. The molecule has 0 saturated carbocycles. The molecule has 1 heterocycles. The van der Waals surface area contributed by atoms with E-state index in [2.05, 4.69) is 39.8 Å². The first kappa shape index (κ1) is 17.0. The van der Waals surface area contributed by atoms with Gasteiger partial charge in [0.2, 0.25) is 0 Å². The molecule has 3 rings (SSSR count). The molecule has 0 aliphatic carbocycles. The van der Waals surface area contributed by atoms with Gasteiger partial charge in [-0.3, -0.25) is 5.10 Å². The highest BCUT2D eigenvalue weighted by molar-refractivity contribution is 6.35. The summed E-state index contributed by atoms with van der Waals surface area (Å²) in [7, 11) is 1.96. The van der Waals surface area contributed by atoms with Gasteiger partial charge < -0.3 is 5.32 Å². The Morgan fingerprint density at radius 2 is 1.88 bits per heavy atom. The second kappa shape index (κ2) is 7.84. The maximum atomic E-state index is 6.45. The molecular weight excluding hydrogens is 341 g/mol. The Bertz CT molecular complexity index is 783. The lowest BCUT2D eigenvalue weighted by Gasteiger charge is -2.20. The molecule has 5 heteroatoms. The van der Waals surface area contributed by atoms with Crippen molar-refractivity contribution in [2.45, 2.75) is 12.3 Å². The zero-order valence-electron chi connectivity index (χ0n) is 13.4. The van der Waals surface area contributed by atoms with Gasteiger partial charge in [-0.15, -0.1) is 0 Å². The SMILES string of the molecule is CNCCC(c1ccc(-c2cn[nH]c2)cc1)c1ccc(Cl)cc1Cl. The third-order valence-electron chi connectivity index (χ3n) is 4.17. The predicted octanol–water partition coefficient (Wildman–Crippen LogP) is 5.12. The number of aromatic amines is 1. The molecule has 2 N–H and O–H groups in total. The molecule has 0 bridgehead atoms. The minimum atomic E-state index is 0.223. The molecule has 24 heavy (non-hydrogen) atoms. The summed E-state index contributed by atoms with van der Waals surface area (Å²) < 4.78 is 0. The lowest BCUT2D eigenvalue weighted by atomic mass is 9.87. The molecule has 1 atom stereocenters. The molecule has 3 nitrogen and oxygen atoms in total. The lowest BCUT2D eigenvalue weighted by Crippen LogP contribution is -2.13. The largest absolute Gasteiger partial charge is 0.320 e. The van der Waals surface area contributed by atoms with Crippen LogP contribution in [0.3, 0.4) is 0 Å². The average Bonchev–Trinajstić information content (AvgIpc) is 3.12. The van der Waals surface area contributed by atoms with Crippen LogP contribution in [0.25, 0.3) is 11.1 Å². The average molecular weight is 360 g/mol. The van der Waals surface area contributed by atoms with Gasteiger partial charge in [0.1, 0.15) is 0 Å². The van der Waals surface area contributed by atoms with Crippen molar-refractivity contribution in [3.8, 4) is 11.1 Å². The summed E-state index contributed by atoms with van der Waals surface area (Å²) >= 11 is 12.5. The van der Waals surface area contributed by atoms with Gasteiger partial charge in [0, 0.05) is 27.7 Å². The van der Waals surface area contributed by atoms with Gasteiger partial charge in [0.25, 0.3) is 0 Å². The normalized spacial score (nSPS) is 12.3. The molecule has 1 unspecified atom stereocenters. The summed E-state index contributed by atoms with van der Waals surface area (Å²) in [6, 6.07) is 14.3. The minimum absolute atomic E-state index is 0.223. The second-order valence-corrected chi connectivity index (χ2v) is 6.56. The highest BCUT2D eigenvalue weighted by Crippen LogP contribution is 2.35. The summed E-state index contributed by atoms with van der Waals surface area (Å²) in [5, 5.41) is 11.4. The number of hydrogen-bond donors (Lipinski definition) is 2. The van der Waals surface area contributed by atoms with E-state index in [0.717, 1.165) is 29.7 Å². The molecule has 0 amide bonds. The maximum absolute atomic E-state index is 6.45. The number of nitrogens with zero attached hydrogens (tertiary/aromatic N) is 1. The summed E-state index contributed by atoms with van der Waals surface area (Å²) in [5.41, 5.74) is 4.56. The van der Waals surface area contributed by atoms with Crippen LogP contribution >= 0.6 is 23.2 Å². The number of aromatic nitrogens is 2. The van der Waals surface area contributed by atoms with Gasteiger partial charge in [-0.25, -0.2) is 0 Å². The summed E-state index contributed by atoms with van der Waals surface area (Å²) in [6.07, 6.45) is 4.68. The van der Waals surface area contributed by atoms with E-state index in [1.807, 2.05) is 37.6 Å². The Kier molecular flexibility index (Phi) is 5.56. The molecule has 2 aromatic carbocycles. The number of nitrogens with one attached hydrogen (secondary N) is 2. The van der Waals surface area contributed by atoms with Gasteiger partial charge >= 0.3 is 0 Å². The van der Waals surface area contributed by atoms with Gasteiger partial charge in [0.05, 0.1) is 6.20 Å². The Morgan fingerprint density at radius 3 is 2.50 bits per heavy atom. The summed E-state index contributed by atoms with van der Waals surface area (Å²) in [5.74, 6) is 0.223. The molecule has 0 radical (unpaired) electrons. The van der Waals surface area contributed by atoms with Crippen molar-refractivity contribution in [3.63, 3.8) is 0 Å². The van der Waals surface area contributed by atoms with Crippen molar-refractivity contribution in [3.05, 3.63) is 76.0 Å². The van der Waals surface area contributed by atoms with E-state index >= 15 is 0 Å². The van der Waals surface area contributed by atoms with Crippen molar-refractivity contribution < 1.29 is 0 Å². The van der Waals surface area contributed by atoms with Crippen LogP contribution in [0.15, 0.2) is 54.9 Å². The molecule has 0 saturated heterocycles. The van der Waals surface area contributed by atoms with Crippen molar-refractivity contribution in [1.29, 1.82) is 0 Å².